The first-order valence-corrected chi connectivity index (χ1v) is 6.45. The van der Waals surface area contributed by atoms with E-state index in [1.807, 2.05) is 31.2 Å². The smallest absolute Gasteiger partial charge is 0.258 e. The summed E-state index contributed by atoms with van der Waals surface area (Å²) in [5, 5.41) is 9.75. The largest absolute Gasteiger partial charge is 0.493 e. The Balaban J connectivity index is 2.45. The fraction of sp³-hybridized carbons (Fsp3) is 0.333. The van der Waals surface area contributed by atoms with Crippen molar-refractivity contribution in [2.75, 3.05) is 0 Å². The van der Waals surface area contributed by atoms with Crippen LogP contribution in [-0.2, 0) is 6.42 Å². The summed E-state index contributed by atoms with van der Waals surface area (Å²) in [6.07, 6.45) is 0.459. The molecule has 0 bridgehead atoms. The highest BCUT2D eigenvalue weighted by molar-refractivity contribution is 5.56. The Morgan fingerprint density at radius 2 is 1.89 bits per heavy atom. The van der Waals surface area contributed by atoms with Crippen molar-refractivity contribution in [2.24, 2.45) is 0 Å². The van der Waals surface area contributed by atoms with Crippen LogP contribution in [0.5, 0.6) is 5.88 Å². The standard InChI is InChI=1S/C15H18N2O2/c1-4-12-14(18)16-13(17-15(12)19)11-7-5-10(6-8-11)9(2)3/h5-9H,4H2,1-3H3,(H2,16,17,18,19). The molecular weight excluding hydrogens is 240 g/mol. The van der Waals surface area contributed by atoms with Crippen LogP contribution in [0.3, 0.4) is 0 Å². The van der Waals surface area contributed by atoms with E-state index < -0.39 is 0 Å². The average molecular weight is 258 g/mol. The average Bonchev–Trinajstić information content (AvgIpc) is 2.38. The third kappa shape index (κ3) is 2.67. The molecule has 1 aromatic heterocycles. The zero-order valence-corrected chi connectivity index (χ0v) is 11.4. The van der Waals surface area contributed by atoms with Crippen molar-refractivity contribution in [1.29, 1.82) is 0 Å². The molecule has 0 aliphatic carbocycles. The summed E-state index contributed by atoms with van der Waals surface area (Å²) >= 11 is 0. The molecular formula is C15H18N2O2. The molecule has 19 heavy (non-hydrogen) atoms. The van der Waals surface area contributed by atoms with Gasteiger partial charge in [-0.05, 0) is 17.9 Å². The van der Waals surface area contributed by atoms with Crippen molar-refractivity contribution in [3.8, 4) is 17.3 Å². The quantitative estimate of drug-likeness (QED) is 0.889. The number of hydrogen-bond acceptors (Lipinski definition) is 3. The minimum absolute atomic E-state index is 0.186. The number of H-pyrrole nitrogens is 1. The first kappa shape index (κ1) is 13.3. The second-order valence-electron chi connectivity index (χ2n) is 4.85. The van der Waals surface area contributed by atoms with Crippen molar-refractivity contribution >= 4 is 0 Å². The number of nitrogens with zero attached hydrogens (tertiary/aromatic N) is 1. The highest BCUT2D eigenvalue weighted by atomic mass is 16.3. The Morgan fingerprint density at radius 1 is 1.26 bits per heavy atom. The maximum atomic E-state index is 11.8. The number of hydrogen-bond donors (Lipinski definition) is 2. The number of nitrogens with one attached hydrogen (secondary N) is 1. The molecule has 1 heterocycles. The Morgan fingerprint density at radius 3 is 2.37 bits per heavy atom. The van der Waals surface area contributed by atoms with Gasteiger partial charge in [0.25, 0.3) is 5.56 Å². The summed E-state index contributed by atoms with van der Waals surface area (Å²) in [6, 6.07) is 7.81. The van der Waals surface area contributed by atoms with Crippen molar-refractivity contribution in [3.63, 3.8) is 0 Å². The van der Waals surface area contributed by atoms with E-state index in [0.29, 0.717) is 23.7 Å². The number of aromatic amines is 1. The predicted molar refractivity (Wildman–Crippen MR) is 75.4 cm³/mol. The molecule has 0 aliphatic heterocycles. The van der Waals surface area contributed by atoms with Crippen LogP contribution in [0.4, 0.5) is 0 Å². The van der Waals surface area contributed by atoms with E-state index in [4.69, 9.17) is 0 Å². The molecule has 0 aliphatic rings. The number of aromatic hydroxyl groups is 1. The van der Waals surface area contributed by atoms with Gasteiger partial charge in [-0.3, -0.25) is 4.79 Å². The molecule has 0 fully saturated rings. The molecule has 0 saturated heterocycles. The van der Waals surface area contributed by atoms with Crippen LogP contribution in [0.15, 0.2) is 29.1 Å². The molecule has 100 valence electrons. The maximum absolute atomic E-state index is 11.8. The molecule has 2 N–H and O–H groups in total. The van der Waals surface area contributed by atoms with Gasteiger partial charge < -0.3 is 10.1 Å². The van der Waals surface area contributed by atoms with Crippen molar-refractivity contribution in [3.05, 3.63) is 45.7 Å². The maximum Gasteiger partial charge on any atom is 0.258 e. The second kappa shape index (κ2) is 5.26. The Labute approximate surface area is 112 Å². The number of aromatic nitrogens is 2. The van der Waals surface area contributed by atoms with Crippen LogP contribution in [0, 0.1) is 0 Å². The van der Waals surface area contributed by atoms with Gasteiger partial charge in [0.1, 0.15) is 5.82 Å². The van der Waals surface area contributed by atoms with Crippen molar-refractivity contribution < 1.29 is 5.11 Å². The molecule has 0 amide bonds. The molecule has 0 radical (unpaired) electrons. The Bertz CT molecular complexity index is 628. The zero-order valence-electron chi connectivity index (χ0n) is 11.4. The lowest BCUT2D eigenvalue weighted by Crippen LogP contribution is -2.14. The molecule has 4 nitrogen and oxygen atoms in total. The lowest BCUT2D eigenvalue weighted by atomic mass is 10.0. The Kier molecular flexibility index (Phi) is 3.69. The number of benzene rings is 1. The van der Waals surface area contributed by atoms with Gasteiger partial charge in [0.15, 0.2) is 0 Å². The summed E-state index contributed by atoms with van der Waals surface area (Å²) in [4.78, 5) is 18.5. The van der Waals surface area contributed by atoms with E-state index in [0.717, 1.165) is 5.56 Å². The van der Waals surface area contributed by atoms with Gasteiger partial charge in [0.2, 0.25) is 5.88 Å². The molecule has 0 spiro atoms. The summed E-state index contributed by atoms with van der Waals surface area (Å²) in [6.45, 7) is 6.05. The van der Waals surface area contributed by atoms with Gasteiger partial charge in [0, 0.05) is 5.56 Å². The van der Waals surface area contributed by atoms with Crippen molar-refractivity contribution in [1.82, 2.24) is 9.97 Å². The monoisotopic (exact) mass is 258 g/mol. The first-order chi connectivity index (χ1) is 9.02. The topological polar surface area (TPSA) is 66.0 Å². The van der Waals surface area contributed by atoms with Gasteiger partial charge >= 0.3 is 0 Å². The zero-order chi connectivity index (χ0) is 14.0. The molecule has 0 saturated carbocycles. The van der Waals surface area contributed by atoms with Crippen LogP contribution in [0.25, 0.3) is 11.4 Å². The lowest BCUT2D eigenvalue weighted by Gasteiger charge is -2.07. The lowest BCUT2D eigenvalue weighted by molar-refractivity contribution is 0.444. The fourth-order valence-corrected chi connectivity index (χ4v) is 1.97. The first-order valence-electron chi connectivity index (χ1n) is 6.45. The predicted octanol–water partition coefficient (Wildman–Crippen LogP) is 2.83. The molecule has 2 rings (SSSR count). The van der Waals surface area contributed by atoms with E-state index in [1.54, 1.807) is 0 Å². The van der Waals surface area contributed by atoms with E-state index in [9.17, 15) is 9.90 Å². The minimum atomic E-state index is -0.280. The van der Waals surface area contributed by atoms with Gasteiger partial charge in [-0.15, -0.1) is 0 Å². The fourth-order valence-electron chi connectivity index (χ4n) is 1.97. The molecule has 0 atom stereocenters. The van der Waals surface area contributed by atoms with Gasteiger partial charge in [0.05, 0.1) is 5.56 Å². The highest BCUT2D eigenvalue weighted by Gasteiger charge is 2.10. The van der Waals surface area contributed by atoms with Gasteiger partial charge in [-0.1, -0.05) is 45.0 Å². The Hall–Kier alpha value is -2.10. The normalized spacial score (nSPS) is 10.9. The molecule has 1 aromatic carbocycles. The van der Waals surface area contributed by atoms with Crippen LogP contribution >= 0.6 is 0 Å². The van der Waals surface area contributed by atoms with E-state index in [1.165, 1.54) is 5.56 Å². The highest BCUT2D eigenvalue weighted by Crippen LogP contribution is 2.21. The molecule has 2 aromatic rings. The third-order valence-corrected chi connectivity index (χ3v) is 3.20. The van der Waals surface area contributed by atoms with Crippen molar-refractivity contribution in [2.45, 2.75) is 33.1 Å². The minimum Gasteiger partial charge on any atom is -0.493 e. The summed E-state index contributed by atoms with van der Waals surface area (Å²) in [5.41, 5.74) is 2.06. The van der Waals surface area contributed by atoms with Crippen LogP contribution < -0.4 is 5.56 Å². The van der Waals surface area contributed by atoms with Crippen LogP contribution in [0.2, 0.25) is 0 Å². The van der Waals surface area contributed by atoms with Crippen LogP contribution in [0.1, 0.15) is 37.8 Å². The molecule has 0 unspecified atom stereocenters. The van der Waals surface area contributed by atoms with Gasteiger partial charge in [-0.25, -0.2) is 0 Å². The van der Waals surface area contributed by atoms with E-state index >= 15 is 0 Å². The molecule has 4 heteroatoms. The second-order valence-corrected chi connectivity index (χ2v) is 4.85. The van der Waals surface area contributed by atoms with Crippen LogP contribution in [-0.4, -0.2) is 15.1 Å². The summed E-state index contributed by atoms with van der Waals surface area (Å²) < 4.78 is 0. The van der Waals surface area contributed by atoms with E-state index in [2.05, 4.69) is 23.8 Å². The number of rotatable bonds is 3. The van der Waals surface area contributed by atoms with E-state index in [-0.39, 0.29) is 11.4 Å². The third-order valence-electron chi connectivity index (χ3n) is 3.20. The SMILES string of the molecule is CCc1c(O)nc(-c2ccc(C(C)C)cc2)[nH]c1=O. The summed E-state index contributed by atoms with van der Waals surface area (Å²) in [5.74, 6) is 0.668. The summed E-state index contributed by atoms with van der Waals surface area (Å²) in [7, 11) is 0. The van der Waals surface area contributed by atoms with Gasteiger partial charge in [-0.2, -0.15) is 4.98 Å².